The predicted molar refractivity (Wildman–Crippen MR) is 61.2 cm³/mol. The fraction of sp³-hybridized carbons (Fsp3) is 0.833. The Balaban J connectivity index is 1.64. The molecule has 100 valence electrons. The second kappa shape index (κ2) is 5.34. The van der Waals surface area contributed by atoms with Gasteiger partial charge < -0.3 is 19.1 Å². The molecule has 1 aromatic rings. The van der Waals surface area contributed by atoms with Crippen LogP contribution in [0.3, 0.4) is 0 Å². The van der Waals surface area contributed by atoms with E-state index < -0.39 is 6.10 Å². The van der Waals surface area contributed by atoms with Crippen molar-refractivity contribution in [1.29, 1.82) is 0 Å². The summed E-state index contributed by atoms with van der Waals surface area (Å²) in [7, 11) is 0. The van der Waals surface area contributed by atoms with Crippen molar-refractivity contribution < 1.29 is 19.1 Å². The smallest absolute Gasteiger partial charge is 0.234 e. The van der Waals surface area contributed by atoms with Crippen molar-refractivity contribution in [2.45, 2.75) is 43.8 Å². The first-order valence-corrected chi connectivity index (χ1v) is 6.53. The molecule has 3 heterocycles. The highest BCUT2D eigenvalue weighted by atomic mass is 16.5. The van der Waals surface area contributed by atoms with Crippen LogP contribution < -0.4 is 0 Å². The summed E-state index contributed by atoms with van der Waals surface area (Å²) >= 11 is 0. The van der Waals surface area contributed by atoms with Gasteiger partial charge in [-0.2, -0.15) is 4.98 Å². The lowest BCUT2D eigenvalue weighted by atomic mass is 9.99. The molecule has 0 aromatic carbocycles. The lowest BCUT2D eigenvalue weighted by Gasteiger charge is -2.24. The number of aliphatic hydroxyl groups excluding tert-OH is 1. The van der Waals surface area contributed by atoms with E-state index in [-0.39, 0.29) is 12.0 Å². The predicted octanol–water partition coefficient (Wildman–Crippen LogP) is 0.656. The van der Waals surface area contributed by atoms with Crippen LogP contribution in [0.1, 0.15) is 36.9 Å². The van der Waals surface area contributed by atoms with Crippen molar-refractivity contribution in [2.75, 3.05) is 19.8 Å². The van der Waals surface area contributed by atoms with Crippen LogP contribution in [0, 0.1) is 0 Å². The molecule has 3 unspecified atom stereocenters. The van der Waals surface area contributed by atoms with Crippen LogP contribution in [-0.2, 0) is 15.9 Å². The Morgan fingerprint density at radius 2 is 2.22 bits per heavy atom. The van der Waals surface area contributed by atoms with Gasteiger partial charge in [-0.1, -0.05) is 5.16 Å². The van der Waals surface area contributed by atoms with Gasteiger partial charge in [-0.25, -0.2) is 0 Å². The van der Waals surface area contributed by atoms with Crippen LogP contribution in [0.25, 0.3) is 0 Å². The molecule has 0 saturated carbocycles. The van der Waals surface area contributed by atoms with E-state index in [2.05, 4.69) is 10.1 Å². The minimum absolute atomic E-state index is 0.190. The molecular weight excluding hydrogens is 236 g/mol. The van der Waals surface area contributed by atoms with Gasteiger partial charge in [0.15, 0.2) is 5.82 Å². The fourth-order valence-corrected chi connectivity index (χ4v) is 2.47. The normalized spacial score (nSPS) is 32.8. The molecule has 0 amide bonds. The molecule has 18 heavy (non-hydrogen) atoms. The molecule has 3 rings (SSSR count). The van der Waals surface area contributed by atoms with Gasteiger partial charge in [0.25, 0.3) is 0 Å². The van der Waals surface area contributed by atoms with Crippen LogP contribution in [0.5, 0.6) is 0 Å². The maximum Gasteiger partial charge on any atom is 0.234 e. The van der Waals surface area contributed by atoms with Crippen molar-refractivity contribution >= 4 is 0 Å². The van der Waals surface area contributed by atoms with Crippen molar-refractivity contribution in [1.82, 2.24) is 10.1 Å². The molecule has 2 saturated heterocycles. The maximum atomic E-state index is 9.88. The maximum absolute atomic E-state index is 9.88. The minimum atomic E-state index is -0.449. The van der Waals surface area contributed by atoms with Gasteiger partial charge in [0.05, 0.1) is 24.7 Å². The summed E-state index contributed by atoms with van der Waals surface area (Å²) in [6.45, 7) is 1.86. The first kappa shape index (κ1) is 12.1. The second-order valence-corrected chi connectivity index (χ2v) is 4.93. The van der Waals surface area contributed by atoms with Crippen LogP contribution in [0.2, 0.25) is 0 Å². The Labute approximate surface area is 105 Å². The standard InChI is InChI=1S/C12H18N2O4/c15-10-3-5-16-7-9(10)12-13-11(14-18-12)6-8-2-1-4-17-8/h8-10,15H,1-7H2. The molecule has 2 aliphatic rings. The highest BCUT2D eigenvalue weighted by Crippen LogP contribution is 2.25. The summed E-state index contributed by atoms with van der Waals surface area (Å²) in [4.78, 5) is 4.35. The average Bonchev–Trinajstić information content (AvgIpc) is 3.02. The van der Waals surface area contributed by atoms with E-state index in [4.69, 9.17) is 14.0 Å². The number of ether oxygens (including phenoxy) is 2. The van der Waals surface area contributed by atoms with E-state index >= 15 is 0 Å². The Morgan fingerprint density at radius 3 is 3.00 bits per heavy atom. The lowest BCUT2D eigenvalue weighted by Crippen LogP contribution is -2.30. The van der Waals surface area contributed by atoms with Crippen LogP contribution >= 0.6 is 0 Å². The third-order valence-corrected chi connectivity index (χ3v) is 3.56. The Hall–Kier alpha value is -0.980. The van der Waals surface area contributed by atoms with Crippen molar-refractivity contribution in [3.05, 3.63) is 11.7 Å². The van der Waals surface area contributed by atoms with Crippen molar-refractivity contribution in [3.8, 4) is 0 Å². The zero-order valence-electron chi connectivity index (χ0n) is 10.2. The second-order valence-electron chi connectivity index (χ2n) is 4.93. The molecule has 0 bridgehead atoms. The molecule has 2 fully saturated rings. The van der Waals surface area contributed by atoms with E-state index in [1.54, 1.807) is 0 Å². The minimum Gasteiger partial charge on any atom is -0.392 e. The molecule has 0 spiro atoms. The van der Waals surface area contributed by atoms with E-state index in [1.807, 2.05) is 0 Å². The van der Waals surface area contributed by atoms with Gasteiger partial charge in [0.2, 0.25) is 5.89 Å². The monoisotopic (exact) mass is 254 g/mol. The summed E-state index contributed by atoms with van der Waals surface area (Å²) in [5, 5.41) is 13.8. The highest BCUT2D eigenvalue weighted by molar-refractivity contribution is 4.99. The Kier molecular flexibility index (Phi) is 3.58. The molecule has 2 aliphatic heterocycles. The molecule has 0 aliphatic carbocycles. The average molecular weight is 254 g/mol. The van der Waals surface area contributed by atoms with Gasteiger partial charge in [0, 0.05) is 19.6 Å². The quantitative estimate of drug-likeness (QED) is 0.853. The van der Waals surface area contributed by atoms with Gasteiger partial charge in [-0.05, 0) is 19.3 Å². The molecule has 1 aromatic heterocycles. The molecule has 3 atom stereocenters. The van der Waals surface area contributed by atoms with Crippen molar-refractivity contribution in [2.24, 2.45) is 0 Å². The summed E-state index contributed by atoms with van der Waals surface area (Å²) < 4.78 is 16.1. The van der Waals surface area contributed by atoms with Crippen LogP contribution in [-0.4, -0.2) is 47.3 Å². The Bertz CT molecular complexity index is 389. The molecule has 1 N–H and O–H groups in total. The van der Waals surface area contributed by atoms with E-state index in [0.29, 0.717) is 37.8 Å². The van der Waals surface area contributed by atoms with Gasteiger partial charge in [0.1, 0.15) is 0 Å². The van der Waals surface area contributed by atoms with Crippen molar-refractivity contribution in [3.63, 3.8) is 0 Å². The summed E-state index contributed by atoms with van der Waals surface area (Å²) in [5.41, 5.74) is 0. The van der Waals surface area contributed by atoms with Crippen LogP contribution in [0.4, 0.5) is 0 Å². The number of rotatable bonds is 3. The lowest BCUT2D eigenvalue weighted by molar-refractivity contribution is -0.0149. The summed E-state index contributed by atoms with van der Waals surface area (Å²) in [6, 6.07) is 0. The van der Waals surface area contributed by atoms with Gasteiger partial charge >= 0.3 is 0 Å². The molecule has 6 heteroatoms. The number of aliphatic hydroxyl groups is 1. The van der Waals surface area contributed by atoms with Crippen LogP contribution in [0.15, 0.2) is 4.52 Å². The van der Waals surface area contributed by atoms with E-state index in [9.17, 15) is 5.11 Å². The fourth-order valence-electron chi connectivity index (χ4n) is 2.47. The Morgan fingerprint density at radius 1 is 1.28 bits per heavy atom. The van der Waals surface area contributed by atoms with Gasteiger partial charge in [-0.3, -0.25) is 0 Å². The SMILES string of the molecule is OC1CCOCC1c1nc(CC2CCCO2)no1. The molecular formula is C12H18N2O4. The first-order valence-electron chi connectivity index (χ1n) is 6.53. The zero-order valence-corrected chi connectivity index (χ0v) is 10.2. The number of hydrogen-bond donors (Lipinski definition) is 1. The van der Waals surface area contributed by atoms with E-state index in [1.165, 1.54) is 0 Å². The third kappa shape index (κ3) is 2.55. The number of nitrogens with zero attached hydrogens (tertiary/aromatic N) is 2. The van der Waals surface area contributed by atoms with Gasteiger partial charge in [-0.15, -0.1) is 0 Å². The summed E-state index contributed by atoms with van der Waals surface area (Å²) in [5.74, 6) is 0.953. The zero-order chi connectivity index (χ0) is 12.4. The first-order chi connectivity index (χ1) is 8.83. The highest BCUT2D eigenvalue weighted by Gasteiger charge is 2.30. The summed E-state index contributed by atoms with van der Waals surface area (Å²) in [6.07, 6.45) is 3.22. The largest absolute Gasteiger partial charge is 0.392 e. The topological polar surface area (TPSA) is 77.6 Å². The molecule has 6 nitrogen and oxygen atoms in total. The number of hydrogen-bond acceptors (Lipinski definition) is 6. The molecule has 0 radical (unpaired) electrons. The van der Waals surface area contributed by atoms with E-state index in [0.717, 1.165) is 19.4 Å². The number of aromatic nitrogens is 2. The third-order valence-electron chi connectivity index (χ3n) is 3.56.